The van der Waals surface area contributed by atoms with Crippen molar-refractivity contribution in [2.24, 2.45) is 5.92 Å². The van der Waals surface area contributed by atoms with E-state index in [0.717, 1.165) is 0 Å². The molecule has 0 saturated heterocycles. The standard InChI is InChI=1S/C21H26N2O4S/c1-15(2)27-17-11-12-20(22-14-17)23-21(24)16-7-6-10-19(13-16)28(25,26)18-8-4-3-5-9-18/h3-5,8-9,11-12,14-16,19H,6-7,10,13H2,1-2H3,(H,22,23,24). The molecule has 6 nitrogen and oxygen atoms in total. The second-order valence-electron chi connectivity index (χ2n) is 7.38. The van der Waals surface area contributed by atoms with Crippen LogP contribution < -0.4 is 10.1 Å². The smallest absolute Gasteiger partial charge is 0.228 e. The Labute approximate surface area is 166 Å². The molecule has 2 atom stereocenters. The third-order valence-electron chi connectivity index (χ3n) is 4.87. The quantitative estimate of drug-likeness (QED) is 0.793. The molecule has 1 aliphatic rings. The number of carbonyl (C=O) groups is 1. The van der Waals surface area contributed by atoms with Crippen molar-refractivity contribution in [3.63, 3.8) is 0 Å². The van der Waals surface area contributed by atoms with E-state index < -0.39 is 15.1 Å². The summed E-state index contributed by atoms with van der Waals surface area (Å²) in [6, 6.07) is 11.9. The summed E-state index contributed by atoms with van der Waals surface area (Å²) in [6.45, 7) is 3.86. The number of amides is 1. The molecular weight excluding hydrogens is 376 g/mol. The number of sulfone groups is 1. The SMILES string of the molecule is CC(C)Oc1ccc(NC(=O)C2CCCC(S(=O)(=O)c3ccccc3)C2)nc1. The first-order valence-electron chi connectivity index (χ1n) is 9.59. The predicted octanol–water partition coefficient (Wildman–Crippen LogP) is 3.84. The highest BCUT2D eigenvalue weighted by Crippen LogP contribution is 2.32. The molecule has 2 unspecified atom stereocenters. The van der Waals surface area contributed by atoms with Gasteiger partial charge >= 0.3 is 0 Å². The van der Waals surface area contributed by atoms with E-state index in [1.165, 1.54) is 0 Å². The summed E-state index contributed by atoms with van der Waals surface area (Å²) in [5.74, 6) is 0.553. The van der Waals surface area contributed by atoms with Gasteiger partial charge in [-0.15, -0.1) is 0 Å². The van der Waals surface area contributed by atoms with Gasteiger partial charge in [0.25, 0.3) is 0 Å². The Morgan fingerprint density at radius 3 is 2.54 bits per heavy atom. The molecule has 28 heavy (non-hydrogen) atoms. The summed E-state index contributed by atoms with van der Waals surface area (Å²) in [5, 5.41) is 2.27. The molecule has 0 spiro atoms. The third kappa shape index (κ3) is 4.90. The summed E-state index contributed by atoms with van der Waals surface area (Å²) >= 11 is 0. The lowest BCUT2D eigenvalue weighted by Gasteiger charge is -2.28. The molecule has 0 bridgehead atoms. The summed E-state index contributed by atoms with van der Waals surface area (Å²) < 4.78 is 31.3. The largest absolute Gasteiger partial charge is 0.489 e. The Morgan fingerprint density at radius 2 is 1.89 bits per heavy atom. The van der Waals surface area contributed by atoms with Crippen LogP contribution in [0.3, 0.4) is 0 Å². The van der Waals surface area contributed by atoms with Gasteiger partial charge in [0, 0.05) is 5.92 Å². The van der Waals surface area contributed by atoms with Crippen molar-refractivity contribution in [2.75, 3.05) is 5.32 Å². The molecule has 7 heteroatoms. The Kier molecular flexibility index (Phi) is 6.34. The molecule has 1 saturated carbocycles. The second-order valence-corrected chi connectivity index (χ2v) is 9.61. The Bertz CT molecular complexity index is 896. The first-order chi connectivity index (χ1) is 13.4. The number of pyridine rings is 1. The van der Waals surface area contributed by atoms with Gasteiger partial charge in [-0.2, -0.15) is 0 Å². The summed E-state index contributed by atoms with van der Waals surface area (Å²) in [6.07, 6.45) is 3.93. The van der Waals surface area contributed by atoms with Gasteiger partial charge in [0.05, 0.1) is 22.4 Å². The van der Waals surface area contributed by atoms with Crippen LogP contribution in [0.5, 0.6) is 5.75 Å². The highest BCUT2D eigenvalue weighted by molar-refractivity contribution is 7.92. The molecule has 1 fully saturated rings. The summed E-state index contributed by atoms with van der Waals surface area (Å²) in [4.78, 5) is 17.2. The molecule has 1 amide bonds. The van der Waals surface area contributed by atoms with Crippen molar-refractivity contribution in [2.45, 2.75) is 55.8 Å². The highest BCUT2D eigenvalue weighted by Gasteiger charge is 2.35. The zero-order chi connectivity index (χ0) is 20.1. The van der Waals surface area contributed by atoms with Gasteiger partial charge < -0.3 is 10.1 Å². The van der Waals surface area contributed by atoms with E-state index in [2.05, 4.69) is 10.3 Å². The van der Waals surface area contributed by atoms with Gasteiger partial charge in [-0.25, -0.2) is 13.4 Å². The first-order valence-corrected chi connectivity index (χ1v) is 11.1. The van der Waals surface area contributed by atoms with Gasteiger partial charge in [0.2, 0.25) is 5.91 Å². The minimum Gasteiger partial charge on any atom is -0.489 e. The molecule has 1 aromatic heterocycles. The highest BCUT2D eigenvalue weighted by atomic mass is 32.2. The number of ether oxygens (including phenoxy) is 1. The van der Waals surface area contributed by atoms with Crippen molar-refractivity contribution in [3.05, 3.63) is 48.7 Å². The van der Waals surface area contributed by atoms with Crippen LogP contribution in [0.4, 0.5) is 5.82 Å². The summed E-state index contributed by atoms with van der Waals surface area (Å²) in [7, 11) is -3.43. The van der Waals surface area contributed by atoms with E-state index in [1.807, 2.05) is 13.8 Å². The maximum absolute atomic E-state index is 12.9. The molecule has 1 aliphatic carbocycles. The number of anilines is 1. The van der Waals surface area contributed by atoms with Crippen LogP contribution in [0.2, 0.25) is 0 Å². The molecule has 3 rings (SSSR count). The van der Waals surface area contributed by atoms with Crippen molar-refractivity contribution in [1.82, 2.24) is 4.98 Å². The van der Waals surface area contributed by atoms with Crippen molar-refractivity contribution >= 4 is 21.6 Å². The number of hydrogen-bond donors (Lipinski definition) is 1. The second kappa shape index (κ2) is 8.73. The molecule has 2 aromatic rings. The lowest BCUT2D eigenvalue weighted by molar-refractivity contribution is -0.120. The van der Waals surface area contributed by atoms with Gasteiger partial charge in [0.15, 0.2) is 9.84 Å². The van der Waals surface area contributed by atoms with E-state index in [9.17, 15) is 13.2 Å². The first kappa shape index (κ1) is 20.3. The molecule has 1 heterocycles. The zero-order valence-corrected chi connectivity index (χ0v) is 17.0. The van der Waals surface area contributed by atoms with Crippen LogP contribution in [-0.4, -0.2) is 30.7 Å². The number of aromatic nitrogens is 1. The topological polar surface area (TPSA) is 85.4 Å². The molecule has 1 aromatic carbocycles. The third-order valence-corrected chi connectivity index (χ3v) is 7.10. The zero-order valence-electron chi connectivity index (χ0n) is 16.2. The minimum atomic E-state index is -3.43. The van der Waals surface area contributed by atoms with E-state index in [4.69, 9.17) is 4.74 Å². The van der Waals surface area contributed by atoms with Crippen LogP contribution in [0, 0.1) is 5.92 Å². The fourth-order valence-electron chi connectivity index (χ4n) is 3.49. The number of hydrogen-bond acceptors (Lipinski definition) is 5. The van der Waals surface area contributed by atoms with Gasteiger partial charge in [-0.1, -0.05) is 24.6 Å². The van der Waals surface area contributed by atoms with Gasteiger partial charge in [-0.05, 0) is 57.4 Å². The van der Waals surface area contributed by atoms with Gasteiger partial charge in [0.1, 0.15) is 11.6 Å². The molecule has 0 radical (unpaired) electrons. The van der Waals surface area contributed by atoms with Gasteiger partial charge in [-0.3, -0.25) is 4.79 Å². The van der Waals surface area contributed by atoms with E-state index in [-0.39, 0.29) is 17.9 Å². The maximum atomic E-state index is 12.9. The maximum Gasteiger partial charge on any atom is 0.228 e. The Morgan fingerprint density at radius 1 is 1.14 bits per heavy atom. The number of nitrogens with zero attached hydrogens (tertiary/aromatic N) is 1. The van der Waals surface area contributed by atoms with E-state index in [1.54, 1.807) is 48.7 Å². The normalized spacial score (nSPS) is 20.0. The molecule has 1 N–H and O–H groups in total. The Balaban J connectivity index is 1.64. The minimum absolute atomic E-state index is 0.0491. The Hall–Kier alpha value is -2.41. The number of rotatable bonds is 6. The summed E-state index contributed by atoms with van der Waals surface area (Å²) in [5.41, 5.74) is 0. The monoisotopic (exact) mass is 402 g/mol. The predicted molar refractivity (Wildman–Crippen MR) is 108 cm³/mol. The average molecular weight is 403 g/mol. The average Bonchev–Trinajstić information content (AvgIpc) is 2.70. The molecule has 150 valence electrons. The fourth-order valence-corrected chi connectivity index (χ4v) is 5.38. The van der Waals surface area contributed by atoms with Crippen LogP contribution in [0.15, 0.2) is 53.6 Å². The molecular formula is C21H26N2O4S. The molecule has 0 aliphatic heterocycles. The van der Waals surface area contributed by atoms with Crippen LogP contribution in [0.25, 0.3) is 0 Å². The van der Waals surface area contributed by atoms with E-state index in [0.29, 0.717) is 42.1 Å². The van der Waals surface area contributed by atoms with E-state index >= 15 is 0 Å². The van der Waals surface area contributed by atoms with Crippen LogP contribution in [0.1, 0.15) is 39.5 Å². The number of nitrogens with one attached hydrogen (secondary N) is 1. The lowest BCUT2D eigenvalue weighted by atomic mass is 9.88. The van der Waals surface area contributed by atoms with Crippen LogP contribution >= 0.6 is 0 Å². The van der Waals surface area contributed by atoms with Crippen LogP contribution in [-0.2, 0) is 14.6 Å². The lowest BCUT2D eigenvalue weighted by Crippen LogP contribution is -2.34. The number of carbonyl (C=O) groups excluding carboxylic acids is 1. The van der Waals surface area contributed by atoms with Crippen molar-refractivity contribution in [1.29, 1.82) is 0 Å². The number of benzene rings is 1. The van der Waals surface area contributed by atoms with Crippen molar-refractivity contribution < 1.29 is 17.9 Å². The fraction of sp³-hybridized carbons (Fsp3) is 0.429. The van der Waals surface area contributed by atoms with Crippen molar-refractivity contribution in [3.8, 4) is 5.75 Å².